The Morgan fingerprint density at radius 2 is 1.76 bits per heavy atom. The minimum Gasteiger partial charge on any atom is -0.495 e. The Labute approximate surface area is 130 Å². The molecule has 0 amide bonds. The summed E-state index contributed by atoms with van der Waals surface area (Å²) >= 11 is 3.30. The van der Waals surface area contributed by atoms with E-state index in [1.807, 2.05) is 0 Å². The van der Waals surface area contributed by atoms with Crippen molar-refractivity contribution in [2.75, 3.05) is 14.2 Å². The van der Waals surface area contributed by atoms with Crippen LogP contribution in [-0.2, 0) is 5.60 Å². The van der Waals surface area contributed by atoms with Crippen molar-refractivity contribution in [3.8, 4) is 11.5 Å². The van der Waals surface area contributed by atoms with E-state index in [0.717, 1.165) is 0 Å². The van der Waals surface area contributed by atoms with E-state index < -0.39 is 18.2 Å². The van der Waals surface area contributed by atoms with Gasteiger partial charge < -0.3 is 14.6 Å². The molecule has 0 heterocycles. The molecule has 0 fully saturated rings. The molecule has 3 nitrogen and oxygen atoms in total. The minimum absolute atomic E-state index is 0.0262. The maximum Gasteiger partial charge on any atom is 0.389 e. The van der Waals surface area contributed by atoms with Crippen LogP contribution in [0.25, 0.3) is 0 Å². The highest BCUT2D eigenvalue weighted by Gasteiger charge is 2.32. The highest BCUT2D eigenvalue weighted by atomic mass is 79.9. The summed E-state index contributed by atoms with van der Waals surface area (Å²) in [5.74, 6) is 0.869. The zero-order valence-corrected chi connectivity index (χ0v) is 13.6. The van der Waals surface area contributed by atoms with E-state index >= 15 is 0 Å². The number of hydrogen-bond donors (Lipinski definition) is 1. The van der Waals surface area contributed by atoms with Crippen LogP contribution in [0.5, 0.6) is 11.5 Å². The number of methoxy groups -OCH3 is 2. The Hall–Kier alpha value is -0.950. The maximum atomic E-state index is 12.2. The van der Waals surface area contributed by atoms with Gasteiger partial charge >= 0.3 is 6.18 Å². The molecule has 1 aromatic carbocycles. The van der Waals surface area contributed by atoms with Crippen molar-refractivity contribution in [2.45, 2.75) is 38.0 Å². The molecule has 0 spiro atoms. The lowest BCUT2D eigenvalue weighted by atomic mass is 9.89. The number of rotatable bonds is 6. The summed E-state index contributed by atoms with van der Waals surface area (Å²) in [6.07, 6.45) is -5.34. The predicted octanol–water partition coefficient (Wildman–Crippen LogP) is 4.41. The van der Waals surface area contributed by atoms with Crippen molar-refractivity contribution in [3.63, 3.8) is 0 Å². The van der Waals surface area contributed by atoms with Gasteiger partial charge in [-0.3, -0.25) is 0 Å². The number of benzene rings is 1. The van der Waals surface area contributed by atoms with Crippen molar-refractivity contribution >= 4 is 15.9 Å². The zero-order chi connectivity index (χ0) is 16.3. The average Bonchev–Trinajstić information content (AvgIpc) is 2.36. The van der Waals surface area contributed by atoms with E-state index in [2.05, 4.69) is 15.9 Å². The first-order valence-corrected chi connectivity index (χ1v) is 7.12. The van der Waals surface area contributed by atoms with Crippen LogP contribution in [0.3, 0.4) is 0 Å². The van der Waals surface area contributed by atoms with E-state index in [4.69, 9.17) is 9.47 Å². The van der Waals surface area contributed by atoms with E-state index in [1.165, 1.54) is 21.1 Å². The summed E-state index contributed by atoms with van der Waals surface area (Å²) in [5, 5.41) is 10.5. The van der Waals surface area contributed by atoms with Crippen LogP contribution >= 0.6 is 15.9 Å². The first-order chi connectivity index (χ1) is 9.62. The minimum atomic E-state index is -4.22. The molecule has 0 saturated carbocycles. The second-order valence-corrected chi connectivity index (χ2v) is 5.70. The maximum absolute atomic E-state index is 12.2. The lowest BCUT2D eigenvalue weighted by Crippen LogP contribution is -2.23. The molecule has 21 heavy (non-hydrogen) atoms. The molecule has 0 radical (unpaired) electrons. The predicted molar refractivity (Wildman–Crippen MR) is 76.7 cm³/mol. The number of aliphatic hydroxyl groups is 1. The van der Waals surface area contributed by atoms with Gasteiger partial charge in [-0.1, -0.05) is 0 Å². The third-order valence-corrected chi connectivity index (χ3v) is 3.94. The fraction of sp³-hybridized carbons (Fsp3) is 0.571. The van der Waals surface area contributed by atoms with Gasteiger partial charge in [-0.2, -0.15) is 13.2 Å². The molecule has 7 heteroatoms. The molecule has 0 saturated heterocycles. The van der Waals surface area contributed by atoms with Crippen molar-refractivity contribution in [3.05, 3.63) is 22.2 Å². The molecule has 1 N–H and O–H groups in total. The summed E-state index contributed by atoms with van der Waals surface area (Å²) < 4.78 is 47.5. The lowest BCUT2D eigenvalue weighted by molar-refractivity contribution is -0.137. The highest BCUT2D eigenvalue weighted by molar-refractivity contribution is 9.10. The molecule has 0 aliphatic carbocycles. The van der Waals surface area contributed by atoms with Gasteiger partial charge in [-0.15, -0.1) is 0 Å². The Balaban J connectivity index is 2.99. The van der Waals surface area contributed by atoms with Crippen molar-refractivity contribution < 1.29 is 27.8 Å². The van der Waals surface area contributed by atoms with Gasteiger partial charge in [0.15, 0.2) is 0 Å². The first-order valence-electron chi connectivity index (χ1n) is 6.32. The van der Waals surface area contributed by atoms with E-state index in [9.17, 15) is 18.3 Å². The van der Waals surface area contributed by atoms with Crippen molar-refractivity contribution in [2.24, 2.45) is 0 Å². The normalized spacial score (nSPS) is 14.7. The van der Waals surface area contributed by atoms with Crippen LogP contribution in [-0.4, -0.2) is 25.5 Å². The molecular formula is C14H18BrF3O3. The fourth-order valence-electron chi connectivity index (χ4n) is 2.09. The number of halogens is 4. The summed E-state index contributed by atoms with van der Waals surface area (Å²) in [5.41, 5.74) is -1.01. The molecule has 0 bridgehead atoms. The summed E-state index contributed by atoms with van der Waals surface area (Å²) in [6, 6.07) is 3.22. The molecule has 0 aromatic heterocycles. The van der Waals surface area contributed by atoms with E-state index in [1.54, 1.807) is 12.1 Å². The van der Waals surface area contributed by atoms with Crippen LogP contribution in [0.2, 0.25) is 0 Å². The van der Waals surface area contributed by atoms with Gasteiger partial charge in [0.05, 0.1) is 19.8 Å². The number of alkyl halides is 3. The first kappa shape index (κ1) is 18.1. The summed E-state index contributed by atoms with van der Waals surface area (Å²) in [6.45, 7) is 1.47. The van der Waals surface area contributed by atoms with Gasteiger partial charge in [-0.25, -0.2) is 0 Å². The monoisotopic (exact) mass is 370 g/mol. The Morgan fingerprint density at radius 1 is 1.14 bits per heavy atom. The highest BCUT2D eigenvalue weighted by Crippen LogP contribution is 2.43. The quantitative estimate of drug-likeness (QED) is 0.805. The fourth-order valence-corrected chi connectivity index (χ4v) is 2.76. The van der Waals surface area contributed by atoms with E-state index in [0.29, 0.717) is 21.5 Å². The van der Waals surface area contributed by atoms with Crippen molar-refractivity contribution in [1.82, 2.24) is 0 Å². The molecule has 1 atom stereocenters. The molecule has 0 aliphatic rings. The van der Waals surface area contributed by atoms with Gasteiger partial charge in [0.25, 0.3) is 0 Å². The third-order valence-electron chi connectivity index (χ3n) is 3.19. The largest absolute Gasteiger partial charge is 0.495 e. The standard InChI is InChI=1S/C14H18BrF3O3/c1-13(19,7-4-8-14(16,17)18)9-5-6-10(20-2)11(15)12(9)21-3/h5-6,19H,4,7-8H2,1-3H3. The van der Waals surface area contributed by atoms with Gasteiger partial charge in [-0.05, 0) is 47.8 Å². The lowest BCUT2D eigenvalue weighted by Gasteiger charge is -2.27. The average molecular weight is 371 g/mol. The topological polar surface area (TPSA) is 38.7 Å². The molecule has 1 rings (SSSR count). The molecule has 120 valence electrons. The zero-order valence-electron chi connectivity index (χ0n) is 12.1. The summed E-state index contributed by atoms with van der Waals surface area (Å²) in [4.78, 5) is 0. The Kier molecular flexibility index (Phi) is 5.92. The van der Waals surface area contributed by atoms with Crippen LogP contribution in [0.1, 0.15) is 31.7 Å². The van der Waals surface area contributed by atoms with Gasteiger partial charge in [0.1, 0.15) is 16.0 Å². The van der Waals surface area contributed by atoms with Crippen LogP contribution < -0.4 is 9.47 Å². The molecule has 1 aromatic rings. The second kappa shape index (κ2) is 6.87. The SMILES string of the molecule is COc1ccc(C(C)(O)CCCC(F)(F)F)c(OC)c1Br. The smallest absolute Gasteiger partial charge is 0.389 e. The Morgan fingerprint density at radius 3 is 2.24 bits per heavy atom. The van der Waals surface area contributed by atoms with Crippen LogP contribution in [0.15, 0.2) is 16.6 Å². The second-order valence-electron chi connectivity index (χ2n) is 4.91. The number of hydrogen-bond acceptors (Lipinski definition) is 3. The molecule has 1 unspecified atom stereocenters. The third kappa shape index (κ3) is 4.78. The molecular weight excluding hydrogens is 353 g/mol. The van der Waals surface area contributed by atoms with Gasteiger partial charge in [0, 0.05) is 12.0 Å². The van der Waals surface area contributed by atoms with Crippen LogP contribution in [0, 0.1) is 0 Å². The summed E-state index contributed by atoms with van der Waals surface area (Å²) in [7, 11) is 2.91. The Bertz CT molecular complexity index is 487. The molecule has 0 aliphatic heterocycles. The number of ether oxygens (including phenoxy) is 2. The van der Waals surface area contributed by atoms with Crippen molar-refractivity contribution in [1.29, 1.82) is 0 Å². The van der Waals surface area contributed by atoms with E-state index in [-0.39, 0.29) is 12.8 Å². The van der Waals surface area contributed by atoms with Gasteiger partial charge in [0.2, 0.25) is 0 Å². The van der Waals surface area contributed by atoms with Crippen LogP contribution in [0.4, 0.5) is 13.2 Å².